The number of aromatic nitrogens is 4. The van der Waals surface area contributed by atoms with Crippen LogP contribution >= 0.6 is 35.2 Å². The summed E-state index contributed by atoms with van der Waals surface area (Å²) in [6, 6.07) is 0. The van der Waals surface area contributed by atoms with Crippen LogP contribution in [-0.4, -0.2) is 155 Å². The molecular weight excluding hydrogens is 1100 g/mol. The number of nitrogens with two attached hydrogens (primary N) is 1. The summed E-state index contributed by atoms with van der Waals surface area (Å²) in [6.45, 7) is 3.67. The topological polar surface area (TPSA) is 454 Å². The van der Waals surface area contributed by atoms with Gasteiger partial charge in [-0.15, -0.1) is 0 Å². The molecule has 0 bridgehead atoms. The van der Waals surface area contributed by atoms with Crippen molar-refractivity contribution in [2.75, 3.05) is 37.8 Å². The van der Waals surface area contributed by atoms with Gasteiger partial charge >= 0.3 is 0 Å². The van der Waals surface area contributed by atoms with Gasteiger partial charge in [0.1, 0.15) is 42.4 Å². The van der Waals surface area contributed by atoms with Crippen LogP contribution in [0.15, 0.2) is 12.7 Å². The number of phosphoric acid groups is 3. The van der Waals surface area contributed by atoms with Gasteiger partial charge in [0, 0.05) is 43.5 Å². The number of phosphoric ester groups is 3. The lowest BCUT2D eigenvalue weighted by Crippen LogP contribution is -2.48. The number of imidazole rings is 1. The number of thioether (sulfide) groups is 1. The minimum atomic E-state index is -5.94. The zero-order valence-corrected chi connectivity index (χ0v) is 46.9. The summed E-state index contributed by atoms with van der Waals surface area (Å²) < 4.78 is 72.3. The van der Waals surface area contributed by atoms with E-state index in [9.17, 15) is 73.2 Å². The van der Waals surface area contributed by atoms with Crippen LogP contribution < -0.4 is 35.9 Å². The first-order valence-corrected chi connectivity index (χ1v) is 30.8. The molecule has 2 aliphatic rings. The highest BCUT2D eigenvalue weighted by Gasteiger charge is 2.47. The number of carbonyl (C=O) groups is 3. The van der Waals surface area contributed by atoms with E-state index in [1.165, 1.54) is 13.8 Å². The highest BCUT2D eigenvalue weighted by atomic mass is 32.2. The fraction of sp³-hybridized carbons (Fsp3) is 0.818. The number of unbranched alkanes of at least 4 members (excludes halogenated alkanes) is 9. The lowest BCUT2D eigenvalue weighted by atomic mass is 9.87. The molecule has 9 N–H and O–H groups in total. The molecule has 442 valence electrons. The second-order valence-corrected chi connectivity index (χ2v) is 24.9. The highest BCUT2D eigenvalue weighted by molar-refractivity contribution is 8.13. The van der Waals surface area contributed by atoms with Crippen LogP contribution in [0.5, 0.6) is 0 Å². The molecule has 0 radical (unpaired) electrons. The first-order valence-electron chi connectivity index (χ1n) is 25.4. The van der Waals surface area contributed by atoms with E-state index in [4.69, 9.17) is 19.9 Å². The first-order chi connectivity index (χ1) is 36.1. The molecule has 0 aliphatic carbocycles. The smallest absolute Gasteiger partial charge is 0.274 e. The number of aliphatic hydroxyl groups is 5. The van der Waals surface area contributed by atoms with E-state index in [-0.39, 0.29) is 72.4 Å². The van der Waals surface area contributed by atoms with Crippen LogP contribution in [0.25, 0.3) is 11.2 Å². The van der Waals surface area contributed by atoms with Crippen molar-refractivity contribution in [1.82, 2.24) is 30.2 Å². The number of fused-ring (bicyclic) bond motifs is 1. The van der Waals surface area contributed by atoms with Gasteiger partial charge in [0.05, 0.1) is 51.8 Å². The van der Waals surface area contributed by atoms with Gasteiger partial charge in [-0.05, 0) is 26.7 Å². The molecule has 77 heavy (non-hydrogen) atoms. The molecule has 0 saturated carbocycles. The average molecular weight is 1180 g/mol. The Bertz CT molecular complexity index is 2320. The Kier molecular flexibility index (Phi) is 27.4. The van der Waals surface area contributed by atoms with Crippen molar-refractivity contribution in [1.29, 1.82) is 0 Å². The summed E-state index contributed by atoms with van der Waals surface area (Å²) in [5, 5.41) is 56.4. The van der Waals surface area contributed by atoms with E-state index in [0.29, 0.717) is 6.42 Å². The third-order valence-corrected chi connectivity index (χ3v) is 16.5. The van der Waals surface area contributed by atoms with Crippen molar-refractivity contribution in [3.8, 4) is 0 Å². The quantitative estimate of drug-likeness (QED) is 0.0324. The van der Waals surface area contributed by atoms with E-state index in [0.717, 1.165) is 99.6 Å². The molecule has 2 aromatic heterocycles. The lowest BCUT2D eigenvalue weighted by molar-refractivity contribution is -0.347. The molecule has 33 heteroatoms. The minimum Gasteiger partial charge on any atom is -0.790 e. The largest absolute Gasteiger partial charge is 0.790 e. The number of nitrogens with one attached hydrogen (secondary N) is 2. The van der Waals surface area contributed by atoms with Gasteiger partial charge in [-0.2, -0.15) is 0 Å². The second kappa shape index (κ2) is 31.5. The molecule has 13 atom stereocenters. The van der Waals surface area contributed by atoms with Gasteiger partial charge < -0.3 is 93.8 Å². The van der Waals surface area contributed by atoms with Gasteiger partial charge in [-0.25, -0.2) is 19.3 Å². The standard InChI is InChI=1S/C44H78N7O22P3S/c1-27(69-43-31(54)22-30(53)28(2)70-43)15-13-11-9-7-5-6-8-10-12-14-16-29(52)21-34(56)77-20-19-46-33(55)17-18-47-41(59)38(58)44(3,4)24-68-76(65,66)73-75(63,64)67-23-32-37(72-74(60,61)62)36(57)42(71-32)51-26-50-35-39(45)48-25-49-40(35)51/h25-32,36-38,42-43,52-54,57-58H,5-24H2,1-4H3,(H,46,55)(H,47,59)(H,63,64)(H,65,66)(H2,45,48,49)(H2,60,61,62)/p-4/t27-,28+,29-,30-,31-,32-,36-,37-,38+,42-,43-/m1/s1. The maximum Gasteiger partial charge on any atom is 0.274 e. The third-order valence-electron chi connectivity index (χ3n) is 12.6. The molecule has 2 aliphatic heterocycles. The van der Waals surface area contributed by atoms with E-state index in [1.54, 1.807) is 6.92 Å². The summed E-state index contributed by atoms with van der Waals surface area (Å²) in [6.07, 6.45) is 1.10. The van der Waals surface area contributed by atoms with Gasteiger partial charge in [0.15, 0.2) is 29.1 Å². The van der Waals surface area contributed by atoms with Crippen LogP contribution in [0.3, 0.4) is 0 Å². The van der Waals surface area contributed by atoms with E-state index in [2.05, 4.69) is 43.5 Å². The molecule has 2 amide bonds. The molecule has 2 unspecified atom stereocenters. The molecular formula is C44H74N7O22P3S-4. The van der Waals surface area contributed by atoms with Crippen molar-refractivity contribution in [2.24, 2.45) is 5.41 Å². The number of anilines is 1. The number of nitrogens with zero attached hydrogens (tertiary/aromatic N) is 4. The lowest BCUT2D eigenvalue weighted by Gasteiger charge is -2.36. The van der Waals surface area contributed by atoms with E-state index < -0.39 is 109 Å². The van der Waals surface area contributed by atoms with Crippen molar-refractivity contribution < 1.29 is 105 Å². The fourth-order valence-corrected chi connectivity index (χ4v) is 11.7. The Hall–Kier alpha value is -2.64. The summed E-state index contributed by atoms with van der Waals surface area (Å²) in [7, 11) is -17.7. The van der Waals surface area contributed by atoms with Gasteiger partial charge in [-0.1, -0.05) is 89.8 Å². The summed E-state index contributed by atoms with van der Waals surface area (Å²) in [5.74, 6) is -1.39. The summed E-state index contributed by atoms with van der Waals surface area (Å²) in [5.41, 5.74) is 4.04. The Balaban J connectivity index is 1.01. The Morgan fingerprint density at radius 1 is 0.883 bits per heavy atom. The SMILES string of the molecule is C[C@H](CCCCCCCCCCCC[C@@H](O)CC(=O)SCCNC(=O)CCNC(=O)[C@H](O)C(C)(C)COP(=O)([O-])OP(=O)([O-])OC[C@H]1O[C@@H](n2cnc3c(N)ncnc32)[C@H](O)[C@@H]1OP(=O)([O-])[O-])O[C@@H]1O[C@@H](C)[C@H](O)C[C@H]1O. The highest BCUT2D eigenvalue weighted by Crippen LogP contribution is 2.56. The molecule has 29 nitrogen and oxygen atoms in total. The third kappa shape index (κ3) is 23.4. The maximum atomic E-state index is 12.7. The zero-order valence-electron chi connectivity index (χ0n) is 43.4. The number of amides is 2. The molecule has 4 heterocycles. The van der Waals surface area contributed by atoms with Crippen LogP contribution in [0.2, 0.25) is 0 Å². The van der Waals surface area contributed by atoms with Crippen molar-refractivity contribution >= 4 is 69.1 Å². The minimum absolute atomic E-state index is 0.0183. The first kappa shape index (κ1) is 66.9. The van der Waals surface area contributed by atoms with Crippen LogP contribution in [-0.2, 0) is 60.2 Å². The molecule has 0 aromatic carbocycles. The fourth-order valence-electron chi connectivity index (χ4n) is 8.21. The average Bonchev–Trinajstić information content (AvgIpc) is 3.90. The predicted molar refractivity (Wildman–Crippen MR) is 266 cm³/mol. The van der Waals surface area contributed by atoms with Crippen LogP contribution in [0.4, 0.5) is 5.82 Å². The Morgan fingerprint density at radius 3 is 2.16 bits per heavy atom. The van der Waals surface area contributed by atoms with Crippen molar-refractivity contribution in [3.63, 3.8) is 0 Å². The monoisotopic (exact) mass is 1180 g/mol. The van der Waals surface area contributed by atoms with Gasteiger partial charge in [0.25, 0.3) is 15.6 Å². The van der Waals surface area contributed by atoms with Gasteiger partial charge in [-0.3, -0.25) is 28.1 Å². The number of ether oxygens (including phenoxy) is 3. The number of rotatable bonds is 36. The zero-order chi connectivity index (χ0) is 57.1. The second-order valence-electron chi connectivity index (χ2n) is 19.7. The number of aliphatic hydroxyl groups excluding tert-OH is 5. The summed E-state index contributed by atoms with van der Waals surface area (Å²) >= 11 is 0.967. The number of nitrogen functional groups attached to an aromatic ring is 1. The normalized spacial score (nSPS) is 24.9. The number of hydrogen-bond acceptors (Lipinski definition) is 27. The molecule has 4 rings (SSSR count). The van der Waals surface area contributed by atoms with Gasteiger partial charge in [0.2, 0.25) is 11.8 Å². The maximum absolute atomic E-state index is 12.7. The van der Waals surface area contributed by atoms with Crippen molar-refractivity contribution in [2.45, 2.75) is 191 Å². The van der Waals surface area contributed by atoms with E-state index in [1.807, 2.05) is 6.92 Å². The Labute approximate surface area is 450 Å². The molecule has 0 spiro atoms. The number of carbonyl (C=O) groups excluding carboxylic acids is 3. The molecule has 2 aromatic rings. The number of hydrogen-bond donors (Lipinski definition) is 8. The molecule has 2 saturated heterocycles. The van der Waals surface area contributed by atoms with Crippen LogP contribution in [0, 0.1) is 5.41 Å². The van der Waals surface area contributed by atoms with E-state index >= 15 is 0 Å². The Morgan fingerprint density at radius 2 is 1.51 bits per heavy atom. The van der Waals surface area contributed by atoms with Crippen LogP contribution in [0.1, 0.15) is 130 Å². The predicted octanol–water partition coefficient (Wildman–Crippen LogP) is -0.169. The van der Waals surface area contributed by atoms with Crippen molar-refractivity contribution in [3.05, 3.63) is 12.7 Å². The molecule has 2 fully saturated rings. The summed E-state index contributed by atoms with van der Waals surface area (Å²) in [4.78, 5) is 97.2.